The monoisotopic (exact) mass is 260 g/mol. The zero-order valence-corrected chi connectivity index (χ0v) is 11.1. The van der Waals surface area contributed by atoms with Crippen LogP contribution >= 0.6 is 11.6 Å². The van der Waals surface area contributed by atoms with Crippen LogP contribution in [-0.4, -0.2) is 35.8 Å². The van der Waals surface area contributed by atoms with Gasteiger partial charge in [-0.15, -0.1) is 11.6 Å². The van der Waals surface area contributed by atoms with E-state index in [4.69, 9.17) is 11.6 Å². The molecular weight excluding hydrogens is 240 g/mol. The van der Waals surface area contributed by atoms with Gasteiger partial charge in [-0.2, -0.15) is 0 Å². The minimum atomic E-state index is -0.425. The number of urea groups is 1. The Balaban J connectivity index is 2.39. The topological polar surface area (TPSA) is 49.4 Å². The first-order valence-electron chi connectivity index (χ1n) is 6.32. The largest absolute Gasteiger partial charge is 0.324 e. The molecule has 0 radical (unpaired) electrons. The second-order valence-corrected chi connectivity index (χ2v) is 4.83. The summed E-state index contributed by atoms with van der Waals surface area (Å²) in [4.78, 5) is 24.5. The summed E-state index contributed by atoms with van der Waals surface area (Å²) in [5.41, 5.74) is 0. The van der Waals surface area contributed by atoms with Gasteiger partial charge in [0.05, 0.1) is 0 Å². The minimum absolute atomic E-state index is 0.169. The molecule has 1 atom stereocenters. The Labute approximate surface area is 108 Å². The van der Waals surface area contributed by atoms with E-state index >= 15 is 0 Å². The van der Waals surface area contributed by atoms with Crippen LogP contribution in [0.2, 0.25) is 0 Å². The third kappa shape index (κ3) is 4.94. The number of imide groups is 1. The summed E-state index contributed by atoms with van der Waals surface area (Å²) in [6, 6.07) is -0.298. The van der Waals surface area contributed by atoms with Crippen molar-refractivity contribution >= 4 is 23.5 Å². The number of nitrogens with one attached hydrogen (secondary N) is 1. The predicted molar refractivity (Wildman–Crippen MR) is 68.1 cm³/mol. The molecule has 1 fully saturated rings. The number of carbonyl (C=O) groups excluding carboxylic acids is 2. The SMILES string of the molecule is CCCC1CCCN(C(=O)NC(=O)CCl)CC1. The summed E-state index contributed by atoms with van der Waals surface area (Å²) in [5.74, 6) is 0.130. The standard InChI is InChI=1S/C12H21ClN2O2/c1-2-4-10-5-3-7-15(8-6-10)12(17)14-11(16)9-13/h10H,2-9H2,1H3,(H,14,16,17). The summed E-state index contributed by atoms with van der Waals surface area (Å²) in [7, 11) is 0. The molecule has 98 valence electrons. The van der Waals surface area contributed by atoms with Crippen LogP contribution in [0, 0.1) is 5.92 Å². The third-order valence-electron chi connectivity index (χ3n) is 3.20. The molecule has 0 bridgehead atoms. The van der Waals surface area contributed by atoms with E-state index < -0.39 is 5.91 Å². The molecule has 0 aromatic heterocycles. The van der Waals surface area contributed by atoms with Gasteiger partial charge in [0, 0.05) is 13.1 Å². The molecule has 1 unspecified atom stereocenters. The van der Waals surface area contributed by atoms with Gasteiger partial charge >= 0.3 is 6.03 Å². The molecule has 3 amide bonds. The number of carbonyl (C=O) groups is 2. The second kappa shape index (κ2) is 7.54. The van der Waals surface area contributed by atoms with E-state index in [1.165, 1.54) is 19.3 Å². The number of amides is 3. The predicted octanol–water partition coefficient (Wildman–Crippen LogP) is 2.36. The fraction of sp³-hybridized carbons (Fsp3) is 0.833. The zero-order valence-electron chi connectivity index (χ0n) is 10.4. The molecule has 1 aliphatic rings. The van der Waals surface area contributed by atoms with Crippen molar-refractivity contribution in [2.45, 2.75) is 39.0 Å². The molecule has 0 aliphatic carbocycles. The average molecular weight is 261 g/mol. The lowest BCUT2D eigenvalue weighted by atomic mass is 9.96. The Morgan fingerprint density at radius 2 is 2.12 bits per heavy atom. The Morgan fingerprint density at radius 3 is 2.76 bits per heavy atom. The summed E-state index contributed by atoms with van der Waals surface area (Å²) in [6.45, 7) is 3.67. The molecule has 1 heterocycles. The van der Waals surface area contributed by atoms with Crippen molar-refractivity contribution in [3.8, 4) is 0 Å². The third-order valence-corrected chi connectivity index (χ3v) is 3.44. The summed E-state index contributed by atoms with van der Waals surface area (Å²) in [6.07, 6.45) is 5.67. The van der Waals surface area contributed by atoms with Gasteiger partial charge < -0.3 is 4.90 Å². The molecule has 0 spiro atoms. The van der Waals surface area contributed by atoms with E-state index in [0.717, 1.165) is 31.8 Å². The van der Waals surface area contributed by atoms with Gasteiger partial charge in [-0.1, -0.05) is 19.8 Å². The normalized spacial score (nSPS) is 20.8. The summed E-state index contributed by atoms with van der Waals surface area (Å²) >= 11 is 5.35. The number of hydrogen-bond donors (Lipinski definition) is 1. The fourth-order valence-electron chi connectivity index (χ4n) is 2.30. The zero-order chi connectivity index (χ0) is 12.7. The molecule has 0 saturated carbocycles. The minimum Gasteiger partial charge on any atom is -0.324 e. The van der Waals surface area contributed by atoms with Crippen molar-refractivity contribution in [2.75, 3.05) is 19.0 Å². The first kappa shape index (κ1) is 14.3. The Bertz CT molecular complexity index is 271. The van der Waals surface area contributed by atoms with E-state index in [9.17, 15) is 9.59 Å². The highest BCUT2D eigenvalue weighted by molar-refractivity contribution is 6.28. The molecule has 1 N–H and O–H groups in total. The van der Waals surface area contributed by atoms with Crippen LogP contribution in [0.15, 0.2) is 0 Å². The second-order valence-electron chi connectivity index (χ2n) is 4.56. The molecule has 1 saturated heterocycles. The van der Waals surface area contributed by atoms with Gasteiger partial charge in [-0.3, -0.25) is 10.1 Å². The highest BCUT2D eigenvalue weighted by Gasteiger charge is 2.21. The fourth-order valence-corrected chi connectivity index (χ4v) is 2.36. The first-order valence-corrected chi connectivity index (χ1v) is 6.85. The average Bonchev–Trinajstić information content (AvgIpc) is 2.55. The molecule has 1 rings (SSSR count). The van der Waals surface area contributed by atoms with Crippen molar-refractivity contribution in [3.05, 3.63) is 0 Å². The number of halogens is 1. The summed E-state index contributed by atoms with van der Waals surface area (Å²) < 4.78 is 0. The Morgan fingerprint density at radius 1 is 1.35 bits per heavy atom. The van der Waals surface area contributed by atoms with Gasteiger partial charge in [0.25, 0.3) is 0 Å². The highest BCUT2D eigenvalue weighted by atomic mass is 35.5. The van der Waals surface area contributed by atoms with Gasteiger partial charge in [0.2, 0.25) is 5.91 Å². The Hall–Kier alpha value is -0.770. The van der Waals surface area contributed by atoms with E-state index in [-0.39, 0.29) is 11.9 Å². The van der Waals surface area contributed by atoms with Crippen molar-refractivity contribution < 1.29 is 9.59 Å². The smallest absolute Gasteiger partial charge is 0.324 e. The number of likely N-dealkylation sites (tertiary alicyclic amines) is 1. The van der Waals surface area contributed by atoms with Crippen molar-refractivity contribution in [1.82, 2.24) is 10.2 Å². The maximum absolute atomic E-state index is 11.7. The maximum Gasteiger partial charge on any atom is 0.324 e. The van der Waals surface area contributed by atoms with Crippen LogP contribution in [0.4, 0.5) is 4.79 Å². The van der Waals surface area contributed by atoms with Gasteiger partial charge in [0.1, 0.15) is 5.88 Å². The number of hydrogen-bond acceptors (Lipinski definition) is 2. The van der Waals surface area contributed by atoms with Crippen LogP contribution in [0.1, 0.15) is 39.0 Å². The van der Waals surface area contributed by atoms with Gasteiger partial charge in [0.15, 0.2) is 0 Å². The van der Waals surface area contributed by atoms with Crippen LogP contribution in [-0.2, 0) is 4.79 Å². The molecule has 5 heteroatoms. The number of rotatable bonds is 3. The molecule has 17 heavy (non-hydrogen) atoms. The van der Waals surface area contributed by atoms with Crippen LogP contribution in [0.3, 0.4) is 0 Å². The van der Waals surface area contributed by atoms with E-state index in [1.807, 2.05) is 0 Å². The number of nitrogens with zero attached hydrogens (tertiary/aromatic N) is 1. The number of alkyl halides is 1. The lowest BCUT2D eigenvalue weighted by Gasteiger charge is -2.20. The summed E-state index contributed by atoms with van der Waals surface area (Å²) in [5, 5.41) is 2.29. The molecule has 1 aliphatic heterocycles. The lowest BCUT2D eigenvalue weighted by Crippen LogP contribution is -2.43. The molecule has 4 nitrogen and oxygen atoms in total. The maximum atomic E-state index is 11.7. The highest BCUT2D eigenvalue weighted by Crippen LogP contribution is 2.21. The van der Waals surface area contributed by atoms with Crippen LogP contribution in [0.25, 0.3) is 0 Å². The van der Waals surface area contributed by atoms with Gasteiger partial charge in [-0.25, -0.2) is 4.79 Å². The lowest BCUT2D eigenvalue weighted by molar-refractivity contribution is -0.117. The Kier molecular flexibility index (Phi) is 6.34. The van der Waals surface area contributed by atoms with E-state index in [1.54, 1.807) is 4.90 Å². The molecular formula is C12H21ClN2O2. The van der Waals surface area contributed by atoms with Crippen molar-refractivity contribution in [1.29, 1.82) is 0 Å². The van der Waals surface area contributed by atoms with Gasteiger partial charge in [-0.05, 0) is 25.2 Å². The quantitative estimate of drug-likeness (QED) is 0.792. The molecule has 0 aromatic carbocycles. The molecule has 0 aromatic rings. The van der Waals surface area contributed by atoms with Crippen LogP contribution in [0.5, 0.6) is 0 Å². The van der Waals surface area contributed by atoms with Crippen molar-refractivity contribution in [2.24, 2.45) is 5.92 Å². The van der Waals surface area contributed by atoms with Crippen molar-refractivity contribution in [3.63, 3.8) is 0 Å². The van der Waals surface area contributed by atoms with Crippen LogP contribution < -0.4 is 5.32 Å². The first-order chi connectivity index (χ1) is 8.17. The van der Waals surface area contributed by atoms with E-state index in [0.29, 0.717) is 0 Å². The van der Waals surface area contributed by atoms with E-state index in [2.05, 4.69) is 12.2 Å².